The van der Waals surface area contributed by atoms with Gasteiger partial charge in [0.1, 0.15) is 98.3 Å². The fraction of sp³-hybridized carbons (Fsp3) is 0.676. The van der Waals surface area contributed by atoms with Gasteiger partial charge >= 0.3 is 0 Å². The van der Waals surface area contributed by atoms with Gasteiger partial charge in [-0.15, -0.1) is 0 Å². The number of Topliss-reactive ketones (excluding diaryl/α,β-unsaturated/α-hetero) is 20. The molecule has 0 saturated heterocycles. The molecule has 88 heavy (non-hydrogen) atoms. The molecule has 20 heteroatoms. The van der Waals surface area contributed by atoms with Crippen molar-refractivity contribution in [3.05, 3.63) is 12.2 Å². The van der Waals surface area contributed by atoms with E-state index < -0.39 is 10.8 Å². The highest BCUT2D eigenvalue weighted by atomic mass is 16.2. The molecule has 11 rings (SSSR count). The lowest BCUT2D eigenvalue weighted by molar-refractivity contribution is -0.156. The Bertz CT molecular complexity index is 2740. The number of rotatable bonds is 0. The van der Waals surface area contributed by atoms with E-state index in [-0.39, 0.29) is 227 Å². The monoisotopic (exact) mass is 1230 g/mol. The van der Waals surface area contributed by atoms with Crippen molar-refractivity contribution < 1.29 is 95.9 Å². The number of allylic oxidation sites excluding steroid dienone is 2. The summed E-state index contributed by atoms with van der Waals surface area (Å²) in [6.07, 6.45) is 15.4. The largest absolute Gasteiger partial charge is 0.299 e. The van der Waals surface area contributed by atoms with Crippen LogP contribution < -0.4 is 0 Å². The molecule has 11 aliphatic rings. The van der Waals surface area contributed by atoms with Crippen molar-refractivity contribution in [2.75, 3.05) is 0 Å². The number of ketones is 20. The van der Waals surface area contributed by atoms with E-state index >= 15 is 0 Å². The standard InChI is InChI=1S/C10H14O3.C8H10O2.C8H8O2.2C8H12O2.2C7H10O2.C6H6O3.C6H8O2/c1-9(2)6(11)5-7(12)10(3,4)8(9)13;2*9-7-4-8(10)6-2-1-5(7)3-6;1-8(2)4-6(9)3-7(10)5-8;1-8(2)4-3-6(9)5-7(8)10;1-5-2-6(8)4-7(9)3-5;1-5-2-3-6(8)4-7(5)9;7-4-1-5(8)3-6(9)2-4;7-5-2-1-3-6(8)4-5/h5H2,1-4H3;5-6H,1-4H2;1-2,5-6H,3-4H2;2*3-5H2,1-2H3;2*5H,2-4H2,1H3;1-3H2;1-4H2. The molecule has 5 atom stereocenters. The van der Waals surface area contributed by atoms with E-state index in [1.165, 1.54) is 0 Å². The molecule has 0 spiro atoms. The normalized spacial score (nSPS) is 27.5. The average Bonchev–Trinajstić information content (AvgIpc) is 1.40. The van der Waals surface area contributed by atoms with Gasteiger partial charge in [-0.3, -0.25) is 95.9 Å². The van der Waals surface area contributed by atoms with E-state index in [0.29, 0.717) is 57.3 Å². The fourth-order valence-electron chi connectivity index (χ4n) is 11.8. The second-order valence-electron chi connectivity index (χ2n) is 27.8. The van der Waals surface area contributed by atoms with Crippen LogP contribution in [0.5, 0.6) is 0 Å². The average molecular weight is 1230 g/mol. The van der Waals surface area contributed by atoms with Gasteiger partial charge in [0.2, 0.25) is 0 Å². The first-order valence-electron chi connectivity index (χ1n) is 30.8. The first-order chi connectivity index (χ1) is 40.6. The Hall–Kier alpha value is -6.86. The van der Waals surface area contributed by atoms with Crippen LogP contribution in [-0.4, -0.2) is 116 Å². The first kappa shape index (κ1) is 75.4. The van der Waals surface area contributed by atoms with Crippen LogP contribution in [-0.2, 0) is 95.9 Å². The Kier molecular flexibility index (Phi) is 28.4. The highest BCUT2D eigenvalue weighted by molar-refractivity contribution is 6.26. The maximum absolute atomic E-state index is 11.7. The van der Waals surface area contributed by atoms with Gasteiger partial charge in [0, 0.05) is 86.4 Å². The van der Waals surface area contributed by atoms with Crippen LogP contribution in [0.4, 0.5) is 0 Å². The minimum atomic E-state index is -0.989. The molecule has 10 saturated carbocycles. The van der Waals surface area contributed by atoms with Crippen LogP contribution >= 0.6 is 0 Å². The summed E-state index contributed by atoms with van der Waals surface area (Å²) in [5.41, 5.74) is -2.30. The molecule has 10 fully saturated rings. The van der Waals surface area contributed by atoms with Gasteiger partial charge in [-0.25, -0.2) is 0 Å². The van der Waals surface area contributed by atoms with Crippen LogP contribution in [0.15, 0.2) is 12.2 Å². The van der Waals surface area contributed by atoms with Gasteiger partial charge in [0.25, 0.3) is 0 Å². The topological polar surface area (TPSA) is 341 Å². The van der Waals surface area contributed by atoms with Crippen LogP contribution in [0.2, 0.25) is 0 Å². The number of carbonyl (C=O) groups is 20. The van der Waals surface area contributed by atoms with Crippen molar-refractivity contribution in [2.24, 2.45) is 57.2 Å². The summed E-state index contributed by atoms with van der Waals surface area (Å²) >= 11 is 0. The van der Waals surface area contributed by atoms with E-state index in [2.05, 4.69) is 0 Å². The zero-order chi connectivity index (χ0) is 66.8. The summed E-state index contributed by atoms with van der Waals surface area (Å²) in [7, 11) is 0. The Morgan fingerprint density at radius 3 is 1.09 bits per heavy atom. The third-order valence-electron chi connectivity index (χ3n) is 17.5. The highest BCUT2D eigenvalue weighted by Gasteiger charge is 2.53. The smallest absolute Gasteiger partial charge is 0.158 e. The van der Waals surface area contributed by atoms with Gasteiger partial charge in [0.05, 0.1) is 81.5 Å². The van der Waals surface area contributed by atoms with E-state index in [1.54, 1.807) is 27.7 Å². The second-order valence-corrected chi connectivity index (χ2v) is 27.8. The molecular weight excluding hydrogens is 1140 g/mol. The van der Waals surface area contributed by atoms with Crippen molar-refractivity contribution in [2.45, 2.75) is 236 Å². The van der Waals surface area contributed by atoms with E-state index in [1.807, 2.05) is 53.7 Å². The van der Waals surface area contributed by atoms with Gasteiger partial charge < -0.3 is 0 Å². The Labute approximate surface area is 515 Å². The van der Waals surface area contributed by atoms with Gasteiger partial charge in [0.15, 0.2) is 17.3 Å². The highest BCUT2D eigenvalue weighted by Crippen LogP contribution is 2.39. The molecule has 0 aliphatic heterocycles. The van der Waals surface area contributed by atoms with Gasteiger partial charge in [-0.05, 0) is 84.0 Å². The summed E-state index contributed by atoms with van der Waals surface area (Å²) in [5.74, 6) is 1.23. The number of carbonyl (C=O) groups excluding carboxylic acids is 20. The Morgan fingerprint density at radius 2 is 0.727 bits per heavy atom. The maximum Gasteiger partial charge on any atom is 0.158 e. The van der Waals surface area contributed by atoms with Crippen molar-refractivity contribution >= 4 is 116 Å². The van der Waals surface area contributed by atoms with Gasteiger partial charge in [-0.1, -0.05) is 53.7 Å². The second kappa shape index (κ2) is 33.1. The summed E-state index contributed by atoms with van der Waals surface area (Å²) in [6.45, 7) is 17.9. The molecule has 0 aromatic heterocycles. The SMILES string of the molecule is CC1(C)C(=O)CC(=O)C(C)(C)C1=O.CC1(C)CC(=O)CC(=O)C1.CC1(C)CCC(=O)CC1=O.CC1CC(=O)CC(=O)C1.CC1CCC(=O)CC1=O.O=C1CC(=O)C2C=CC1C2.O=C1CC(=O)C2CCC1C2.O=C1CC(=O)CC(=O)C1.O=C1CCCC(=O)C1. The number of fused-ring (bicyclic) bond motifs is 4. The molecule has 0 aromatic rings. The Balaban J connectivity index is 0.000000260. The lowest BCUT2D eigenvalue weighted by Gasteiger charge is -2.35. The lowest BCUT2D eigenvalue weighted by atomic mass is 9.63. The third kappa shape index (κ3) is 24.6. The molecule has 20 nitrogen and oxygen atoms in total. The molecule has 0 radical (unpaired) electrons. The fourth-order valence-corrected chi connectivity index (χ4v) is 11.8. The predicted octanol–water partition coefficient (Wildman–Crippen LogP) is 7.95. The van der Waals surface area contributed by atoms with Crippen LogP contribution in [0.25, 0.3) is 0 Å². The van der Waals surface area contributed by atoms with Gasteiger partial charge in [-0.2, -0.15) is 0 Å². The summed E-state index contributed by atoms with van der Waals surface area (Å²) in [5, 5.41) is 0. The van der Waals surface area contributed by atoms with Crippen LogP contribution in [0, 0.1) is 57.2 Å². The molecule has 11 aliphatic carbocycles. The molecule has 5 unspecified atom stereocenters. The van der Waals surface area contributed by atoms with Crippen molar-refractivity contribution in [1.82, 2.24) is 0 Å². The predicted molar refractivity (Wildman–Crippen MR) is 317 cm³/mol. The molecule has 4 bridgehead atoms. The van der Waals surface area contributed by atoms with E-state index in [9.17, 15) is 95.9 Å². The first-order valence-corrected chi connectivity index (χ1v) is 30.8. The van der Waals surface area contributed by atoms with Crippen molar-refractivity contribution in [1.29, 1.82) is 0 Å². The molecule has 0 N–H and O–H groups in total. The molecule has 482 valence electrons. The maximum atomic E-state index is 11.7. The molecule has 0 heterocycles. The van der Waals surface area contributed by atoms with E-state index in [4.69, 9.17) is 0 Å². The minimum Gasteiger partial charge on any atom is -0.299 e. The van der Waals surface area contributed by atoms with Crippen molar-refractivity contribution in [3.8, 4) is 0 Å². The van der Waals surface area contributed by atoms with Crippen molar-refractivity contribution in [3.63, 3.8) is 0 Å². The Morgan fingerprint density at radius 1 is 0.341 bits per heavy atom. The summed E-state index contributed by atoms with van der Waals surface area (Å²) in [6, 6.07) is 0. The summed E-state index contributed by atoms with van der Waals surface area (Å²) in [4.78, 5) is 217. The molecule has 0 aromatic carbocycles. The zero-order valence-corrected chi connectivity index (χ0v) is 53.2. The molecular formula is C68H90O20. The summed E-state index contributed by atoms with van der Waals surface area (Å²) < 4.78 is 0. The van der Waals surface area contributed by atoms with Crippen LogP contribution in [0.3, 0.4) is 0 Å². The quantitative estimate of drug-likeness (QED) is 0.164. The van der Waals surface area contributed by atoms with Crippen LogP contribution in [0.1, 0.15) is 236 Å². The molecule has 0 amide bonds. The van der Waals surface area contributed by atoms with E-state index in [0.717, 1.165) is 44.9 Å². The number of hydrogen-bond acceptors (Lipinski definition) is 20. The minimum absolute atomic E-state index is 0.0360. The zero-order valence-electron chi connectivity index (χ0n) is 53.2. The third-order valence-corrected chi connectivity index (χ3v) is 17.5. The lowest BCUT2D eigenvalue weighted by Crippen LogP contribution is -2.52. The number of hydrogen-bond donors (Lipinski definition) is 0.